The molecule has 2 aromatic heterocycles. The van der Waals surface area contributed by atoms with Crippen LogP contribution in [0.2, 0.25) is 0 Å². The van der Waals surface area contributed by atoms with Gasteiger partial charge in [-0.05, 0) is 28.1 Å². The van der Waals surface area contributed by atoms with Crippen LogP contribution in [0.4, 0.5) is 5.82 Å². The van der Waals surface area contributed by atoms with E-state index in [1.807, 2.05) is 41.8 Å². The molecule has 0 unspecified atom stereocenters. The number of rotatable bonds is 5. The van der Waals surface area contributed by atoms with E-state index in [1.54, 1.807) is 23.6 Å². The number of nitrogens with one attached hydrogen (secondary N) is 1. The maximum atomic E-state index is 11.9. The number of benzene rings is 1. The molecule has 0 atom stereocenters. The number of hydrogen-bond acceptors (Lipinski definition) is 5. The quantitative estimate of drug-likeness (QED) is 0.625. The molecule has 3 aromatic rings. The lowest BCUT2D eigenvalue weighted by Gasteiger charge is -2.03. The van der Waals surface area contributed by atoms with Crippen molar-refractivity contribution in [2.75, 3.05) is 11.1 Å². The van der Waals surface area contributed by atoms with Gasteiger partial charge in [0, 0.05) is 21.6 Å². The fraction of sp³-hybridized carbons (Fsp3) is 0.0625. The van der Waals surface area contributed by atoms with Crippen LogP contribution in [-0.4, -0.2) is 21.6 Å². The van der Waals surface area contributed by atoms with E-state index < -0.39 is 0 Å². The second kappa shape index (κ2) is 7.72. The maximum Gasteiger partial charge on any atom is 0.235 e. The lowest BCUT2D eigenvalue weighted by molar-refractivity contribution is -0.113. The van der Waals surface area contributed by atoms with Gasteiger partial charge in [-0.25, -0.2) is 9.97 Å². The summed E-state index contributed by atoms with van der Waals surface area (Å²) in [7, 11) is 0. The Kier molecular flexibility index (Phi) is 5.43. The Hall–Kier alpha value is -1.70. The normalized spacial score (nSPS) is 10.5. The smallest absolute Gasteiger partial charge is 0.235 e. The number of carbonyl (C=O) groups excluding carboxylic acids is 1. The molecule has 0 saturated carbocycles. The van der Waals surface area contributed by atoms with Crippen molar-refractivity contribution in [3.63, 3.8) is 0 Å². The first-order valence-electron chi connectivity index (χ1n) is 6.76. The highest BCUT2D eigenvalue weighted by atomic mass is 79.9. The van der Waals surface area contributed by atoms with Gasteiger partial charge in [-0.3, -0.25) is 4.79 Å². The van der Waals surface area contributed by atoms with E-state index in [0.29, 0.717) is 11.6 Å². The van der Waals surface area contributed by atoms with Crippen LogP contribution in [0.15, 0.2) is 62.9 Å². The van der Waals surface area contributed by atoms with Crippen LogP contribution in [0.25, 0.3) is 11.3 Å². The van der Waals surface area contributed by atoms with Crippen molar-refractivity contribution in [2.45, 2.75) is 4.34 Å². The molecule has 0 spiro atoms. The molecule has 1 aromatic carbocycles. The lowest BCUT2D eigenvalue weighted by Crippen LogP contribution is -2.14. The standard InChI is InChI=1S/C16H12BrN3OS2/c17-12-6-7-14(18-8-12)20-15(21)10-23-16-19-13(9-22-16)11-4-2-1-3-5-11/h1-9H,10H2,(H,18,20,21). The van der Waals surface area contributed by atoms with Crippen LogP contribution in [-0.2, 0) is 4.79 Å². The highest BCUT2D eigenvalue weighted by molar-refractivity contribution is 9.10. The van der Waals surface area contributed by atoms with E-state index >= 15 is 0 Å². The summed E-state index contributed by atoms with van der Waals surface area (Å²) in [5, 5.41) is 4.77. The molecule has 0 fully saturated rings. The molecule has 3 rings (SSSR count). The molecule has 1 N–H and O–H groups in total. The summed E-state index contributed by atoms with van der Waals surface area (Å²) >= 11 is 6.28. The van der Waals surface area contributed by atoms with Crippen LogP contribution in [0.3, 0.4) is 0 Å². The summed E-state index contributed by atoms with van der Waals surface area (Å²) in [6.07, 6.45) is 1.65. The van der Waals surface area contributed by atoms with E-state index in [-0.39, 0.29) is 5.91 Å². The summed E-state index contributed by atoms with van der Waals surface area (Å²) in [5.74, 6) is 0.753. The Balaban J connectivity index is 1.55. The molecule has 4 nitrogen and oxygen atoms in total. The minimum atomic E-state index is -0.0960. The van der Waals surface area contributed by atoms with Crippen LogP contribution in [0.5, 0.6) is 0 Å². The third kappa shape index (κ3) is 4.63. The van der Waals surface area contributed by atoms with E-state index in [2.05, 4.69) is 31.2 Å². The van der Waals surface area contributed by atoms with Crippen molar-refractivity contribution in [1.29, 1.82) is 0 Å². The first-order valence-corrected chi connectivity index (χ1v) is 9.42. The van der Waals surface area contributed by atoms with Crippen molar-refractivity contribution < 1.29 is 4.79 Å². The summed E-state index contributed by atoms with van der Waals surface area (Å²) in [6.45, 7) is 0. The lowest BCUT2D eigenvalue weighted by atomic mass is 10.2. The first kappa shape index (κ1) is 16.2. The molecular formula is C16H12BrN3OS2. The second-order valence-electron chi connectivity index (χ2n) is 4.56. The van der Waals surface area contributed by atoms with E-state index in [9.17, 15) is 4.79 Å². The van der Waals surface area contributed by atoms with Gasteiger partial charge < -0.3 is 5.32 Å². The fourth-order valence-corrected chi connectivity index (χ4v) is 3.69. The Morgan fingerprint density at radius 3 is 2.78 bits per heavy atom. The molecule has 2 heterocycles. The van der Waals surface area contributed by atoms with Crippen molar-refractivity contribution in [3.8, 4) is 11.3 Å². The summed E-state index contributed by atoms with van der Waals surface area (Å²) < 4.78 is 1.75. The Morgan fingerprint density at radius 1 is 1.22 bits per heavy atom. The zero-order valence-electron chi connectivity index (χ0n) is 11.9. The number of amides is 1. The molecule has 0 radical (unpaired) electrons. The summed E-state index contributed by atoms with van der Waals surface area (Å²) in [5.41, 5.74) is 2.02. The molecule has 0 bridgehead atoms. The maximum absolute atomic E-state index is 11.9. The number of nitrogens with zero attached hydrogens (tertiary/aromatic N) is 2. The number of hydrogen-bond donors (Lipinski definition) is 1. The van der Waals surface area contributed by atoms with Gasteiger partial charge in [0.05, 0.1) is 11.4 Å². The molecule has 7 heteroatoms. The Morgan fingerprint density at radius 2 is 2.04 bits per heavy atom. The van der Waals surface area contributed by atoms with Crippen molar-refractivity contribution >= 4 is 50.8 Å². The van der Waals surface area contributed by atoms with Gasteiger partial charge in [-0.2, -0.15) is 0 Å². The monoisotopic (exact) mass is 405 g/mol. The number of pyridine rings is 1. The topological polar surface area (TPSA) is 54.9 Å². The van der Waals surface area contributed by atoms with Crippen LogP contribution in [0, 0.1) is 0 Å². The average Bonchev–Trinajstić information content (AvgIpc) is 3.05. The van der Waals surface area contributed by atoms with Crippen LogP contribution in [0.1, 0.15) is 0 Å². The molecule has 116 valence electrons. The van der Waals surface area contributed by atoms with Crippen LogP contribution >= 0.6 is 39.0 Å². The van der Waals surface area contributed by atoms with Gasteiger partial charge in [-0.15, -0.1) is 11.3 Å². The second-order valence-corrected chi connectivity index (χ2v) is 7.56. The SMILES string of the molecule is O=C(CSc1nc(-c2ccccc2)cs1)Nc1ccc(Br)cn1. The van der Waals surface area contributed by atoms with Crippen molar-refractivity contribution in [1.82, 2.24) is 9.97 Å². The van der Waals surface area contributed by atoms with Gasteiger partial charge >= 0.3 is 0 Å². The van der Waals surface area contributed by atoms with Gasteiger partial charge in [0.2, 0.25) is 5.91 Å². The summed E-state index contributed by atoms with van der Waals surface area (Å²) in [4.78, 5) is 20.6. The average molecular weight is 406 g/mol. The zero-order valence-corrected chi connectivity index (χ0v) is 15.1. The van der Waals surface area contributed by atoms with E-state index in [1.165, 1.54) is 11.8 Å². The number of thioether (sulfide) groups is 1. The Bertz CT molecular complexity index is 791. The minimum absolute atomic E-state index is 0.0960. The highest BCUT2D eigenvalue weighted by Crippen LogP contribution is 2.28. The molecule has 0 aliphatic heterocycles. The van der Waals surface area contributed by atoms with Gasteiger partial charge in [0.15, 0.2) is 4.34 Å². The number of halogens is 1. The van der Waals surface area contributed by atoms with Crippen LogP contribution < -0.4 is 5.32 Å². The minimum Gasteiger partial charge on any atom is -0.310 e. The number of carbonyl (C=O) groups is 1. The van der Waals surface area contributed by atoms with Gasteiger partial charge in [0.1, 0.15) is 5.82 Å². The first-order chi connectivity index (χ1) is 11.2. The number of anilines is 1. The fourth-order valence-electron chi connectivity index (χ4n) is 1.82. The highest BCUT2D eigenvalue weighted by Gasteiger charge is 2.08. The molecule has 0 aliphatic rings. The number of thiazole rings is 1. The molecular weight excluding hydrogens is 394 g/mol. The van der Waals surface area contributed by atoms with Gasteiger partial charge in [0.25, 0.3) is 0 Å². The largest absolute Gasteiger partial charge is 0.310 e. The zero-order chi connectivity index (χ0) is 16.1. The van der Waals surface area contributed by atoms with Crippen molar-refractivity contribution in [3.05, 3.63) is 58.5 Å². The molecule has 0 aliphatic carbocycles. The predicted molar refractivity (Wildman–Crippen MR) is 98.8 cm³/mol. The predicted octanol–water partition coefficient (Wildman–Crippen LogP) is 4.70. The number of aromatic nitrogens is 2. The van der Waals surface area contributed by atoms with Crippen molar-refractivity contribution in [2.24, 2.45) is 0 Å². The molecule has 1 amide bonds. The van der Waals surface area contributed by atoms with E-state index in [4.69, 9.17) is 0 Å². The Labute approximate surface area is 150 Å². The third-order valence-corrected chi connectivity index (χ3v) is 5.36. The van der Waals surface area contributed by atoms with Gasteiger partial charge in [-0.1, -0.05) is 42.1 Å². The molecule has 0 saturated heterocycles. The summed E-state index contributed by atoms with van der Waals surface area (Å²) in [6, 6.07) is 13.6. The van der Waals surface area contributed by atoms with E-state index in [0.717, 1.165) is 20.1 Å². The molecule has 23 heavy (non-hydrogen) atoms. The third-order valence-electron chi connectivity index (χ3n) is 2.87.